The molecule has 2 aromatic rings. The molecule has 0 heterocycles. The van der Waals surface area contributed by atoms with E-state index in [9.17, 15) is 0 Å². The molecule has 2 rings (SSSR count). The van der Waals surface area contributed by atoms with Crippen LogP contribution in [0.15, 0.2) is 36.4 Å². The van der Waals surface area contributed by atoms with Crippen LogP contribution in [0.4, 0.5) is 0 Å². The van der Waals surface area contributed by atoms with Gasteiger partial charge in [-0.05, 0) is 57.1 Å². The highest BCUT2D eigenvalue weighted by atomic mass is 16.5. The summed E-state index contributed by atoms with van der Waals surface area (Å²) in [6.45, 7) is 24.4. The van der Waals surface area contributed by atoms with Crippen LogP contribution in [0, 0.1) is 0 Å². The van der Waals surface area contributed by atoms with E-state index in [1.807, 2.05) is 0 Å². The van der Waals surface area contributed by atoms with E-state index in [0.29, 0.717) is 35.5 Å². The van der Waals surface area contributed by atoms with Crippen LogP contribution in [0.3, 0.4) is 0 Å². The molecule has 1 heteroatoms. The minimum Gasteiger partial charge on any atom is -0.380 e. The Hall–Kier alpha value is -1.60. The molecule has 1 nitrogen and oxygen atoms in total. The van der Waals surface area contributed by atoms with Gasteiger partial charge in [-0.15, -0.1) is 0 Å². The second-order valence-electron chi connectivity index (χ2n) is 10.7. The molecule has 0 aliphatic heterocycles. The molecule has 0 bridgehead atoms. The van der Waals surface area contributed by atoms with Crippen molar-refractivity contribution < 1.29 is 4.74 Å². The molecule has 0 fully saturated rings. The van der Waals surface area contributed by atoms with E-state index in [0.717, 1.165) is 13.2 Å². The number of hydrogen-bond acceptors (Lipinski definition) is 1. The summed E-state index contributed by atoms with van der Waals surface area (Å²) in [5, 5.41) is 0. The van der Waals surface area contributed by atoms with Gasteiger partial charge in [-0.3, -0.25) is 0 Å². The van der Waals surface area contributed by atoms with E-state index in [2.05, 4.69) is 106 Å². The molecule has 0 aliphatic rings. The lowest BCUT2D eigenvalue weighted by Crippen LogP contribution is -2.13. The summed E-state index contributed by atoms with van der Waals surface area (Å²) in [5.41, 5.74) is 8.69. The standard InChI is InChI=1S/C30H46O/c1-19(2)25-11-13-27(29(15-25)21(5)6)23(9)17-31-18-24(10)28-14-12-26(20(3)4)16-30(28)22(7)8/h11-16,19-24H,17-18H2,1-10H3. The first kappa shape index (κ1) is 25.7. The van der Waals surface area contributed by atoms with Gasteiger partial charge in [0.25, 0.3) is 0 Å². The molecule has 0 N–H and O–H groups in total. The zero-order valence-corrected chi connectivity index (χ0v) is 21.8. The minimum absolute atomic E-state index is 0.402. The third kappa shape index (κ3) is 6.69. The topological polar surface area (TPSA) is 9.23 Å². The lowest BCUT2D eigenvalue weighted by atomic mass is 9.86. The molecule has 0 amide bonds. The minimum atomic E-state index is 0.402. The quantitative estimate of drug-likeness (QED) is 0.371. The van der Waals surface area contributed by atoms with Gasteiger partial charge >= 0.3 is 0 Å². The van der Waals surface area contributed by atoms with Crippen molar-refractivity contribution in [3.05, 3.63) is 69.8 Å². The zero-order valence-electron chi connectivity index (χ0n) is 21.8. The van der Waals surface area contributed by atoms with Crippen LogP contribution in [-0.2, 0) is 4.74 Å². The van der Waals surface area contributed by atoms with Crippen molar-refractivity contribution >= 4 is 0 Å². The maximum Gasteiger partial charge on any atom is 0.0532 e. The van der Waals surface area contributed by atoms with Crippen molar-refractivity contribution in [3.63, 3.8) is 0 Å². The van der Waals surface area contributed by atoms with Crippen LogP contribution < -0.4 is 0 Å². The maximum absolute atomic E-state index is 6.29. The average Bonchev–Trinajstić information content (AvgIpc) is 2.72. The molecular formula is C30H46O. The van der Waals surface area contributed by atoms with Gasteiger partial charge < -0.3 is 4.74 Å². The highest BCUT2D eigenvalue weighted by Gasteiger charge is 2.18. The molecule has 0 saturated carbocycles. The molecule has 31 heavy (non-hydrogen) atoms. The molecule has 2 unspecified atom stereocenters. The van der Waals surface area contributed by atoms with Gasteiger partial charge in [-0.25, -0.2) is 0 Å². The Morgan fingerprint density at radius 3 is 1.13 bits per heavy atom. The summed E-state index contributed by atoms with van der Waals surface area (Å²) < 4.78 is 6.29. The zero-order chi connectivity index (χ0) is 23.3. The predicted octanol–water partition coefficient (Wildman–Crippen LogP) is 9.10. The number of rotatable bonds is 10. The monoisotopic (exact) mass is 422 g/mol. The van der Waals surface area contributed by atoms with Gasteiger partial charge in [0.15, 0.2) is 0 Å². The van der Waals surface area contributed by atoms with Crippen molar-refractivity contribution in [2.24, 2.45) is 0 Å². The lowest BCUT2D eigenvalue weighted by Gasteiger charge is -2.23. The number of ether oxygens (including phenoxy) is 1. The van der Waals surface area contributed by atoms with Crippen molar-refractivity contribution in [1.29, 1.82) is 0 Å². The fraction of sp³-hybridized carbons (Fsp3) is 0.600. The second kappa shape index (κ2) is 11.3. The third-order valence-corrected chi connectivity index (χ3v) is 6.60. The van der Waals surface area contributed by atoms with Crippen LogP contribution >= 0.6 is 0 Å². The van der Waals surface area contributed by atoms with E-state index in [1.54, 1.807) is 0 Å². The summed E-state index contributed by atoms with van der Waals surface area (Å²) in [6, 6.07) is 14.1. The highest BCUT2D eigenvalue weighted by Crippen LogP contribution is 2.32. The summed E-state index contributed by atoms with van der Waals surface area (Å²) in [6.07, 6.45) is 0. The number of hydrogen-bond donors (Lipinski definition) is 0. The maximum atomic E-state index is 6.29. The molecule has 0 spiro atoms. The van der Waals surface area contributed by atoms with Crippen LogP contribution in [0.2, 0.25) is 0 Å². The Morgan fingerprint density at radius 1 is 0.484 bits per heavy atom. The highest BCUT2D eigenvalue weighted by molar-refractivity contribution is 5.39. The summed E-state index contributed by atoms with van der Waals surface area (Å²) in [7, 11) is 0. The van der Waals surface area contributed by atoms with E-state index in [-0.39, 0.29) is 0 Å². The molecule has 0 saturated heterocycles. The smallest absolute Gasteiger partial charge is 0.0532 e. The first-order chi connectivity index (χ1) is 14.5. The Labute approximate surface area is 192 Å². The molecule has 2 aromatic carbocycles. The molecule has 0 radical (unpaired) electrons. The van der Waals surface area contributed by atoms with Gasteiger partial charge in [-0.1, -0.05) is 106 Å². The molecular weight excluding hydrogens is 376 g/mol. The fourth-order valence-electron chi connectivity index (χ4n) is 4.40. The normalized spacial score (nSPS) is 14.1. The Kier molecular flexibility index (Phi) is 9.37. The van der Waals surface area contributed by atoms with Gasteiger partial charge in [0.1, 0.15) is 0 Å². The summed E-state index contributed by atoms with van der Waals surface area (Å²) in [5.74, 6) is 3.00. The van der Waals surface area contributed by atoms with Crippen molar-refractivity contribution in [2.75, 3.05) is 13.2 Å². The van der Waals surface area contributed by atoms with Crippen LogP contribution in [0.1, 0.15) is 138 Å². The van der Waals surface area contributed by atoms with Gasteiger partial charge in [-0.2, -0.15) is 0 Å². The Morgan fingerprint density at radius 2 is 0.839 bits per heavy atom. The van der Waals surface area contributed by atoms with E-state index in [4.69, 9.17) is 4.74 Å². The van der Waals surface area contributed by atoms with E-state index >= 15 is 0 Å². The molecule has 0 aromatic heterocycles. The third-order valence-electron chi connectivity index (χ3n) is 6.60. The Balaban J connectivity index is 2.08. The first-order valence-corrected chi connectivity index (χ1v) is 12.4. The van der Waals surface area contributed by atoms with E-state index in [1.165, 1.54) is 33.4 Å². The van der Waals surface area contributed by atoms with Crippen LogP contribution in [-0.4, -0.2) is 13.2 Å². The van der Waals surface area contributed by atoms with E-state index < -0.39 is 0 Å². The van der Waals surface area contributed by atoms with Crippen LogP contribution in [0.5, 0.6) is 0 Å². The predicted molar refractivity (Wildman–Crippen MR) is 137 cm³/mol. The molecule has 0 aliphatic carbocycles. The second-order valence-corrected chi connectivity index (χ2v) is 10.7. The van der Waals surface area contributed by atoms with Gasteiger partial charge in [0.05, 0.1) is 13.2 Å². The van der Waals surface area contributed by atoms with Gasteiger partial charge in [0.2, 0.25) is 0 Å². The van der Waals surface area contributed by atoms with Crippen molar-refractivity contribution in [2.45, 2.75) is 105 Å². The SMILES string of the molecule is CC(C)c1ccc(C(C)COCC(C)c2ccc(C(C)C)cc2C(C)C)c(C(C)C)c1. The number of benzene rings is 2. The van der Waals surface area contributed by atoms with Crippen LogP contribution in [0.25, 0.3) is 0 Å². The molecule has 172 valence electrons. The van der Waals surface area contributed by atoms with Crippen molar-refractivity contribution in [1.82, 2.24) is 0 Å². The van der Waals surface area contributed by atoms with Crippen molar-refractivity contribution in [3.8, 4) is 0 Å². The van der Waals surface area contributed by atoms with Gasteiger partial charge in [0, 0.05) is 11.8 Å². The first-order valence-electron chi connectivity index (χ1n) is 12.4. The lowest BCUT2D eigenvalue weighted by molar-refractivity contribution is 0.113. The summed E-state index contributed by atoms with van der Waals surface area (Å²) in [4.78, 5) is 0. The fourth-order valence-corrected chi connectivity index (χ4v) is 4.40. The summed E-state index contributed by atoms with van der Waals surface area (Å²) >= 11 is 0. The Bertz CT molecular complexity index is 759. The molecule has 2 atom stereocenters. The average molecular weight is 423 g/mol. The largest absolute Gasteiger partial charge is 0.380 e.